The predicted octanol–water partition coefficient (Wildman–Crippen LogP) is 2.03. The standard InChI is InChI=1S/C31H28FN11O8/c32-20-14-19(31(48)49)24(37-29(45)22-5-7-26(33)43(40-22)41-34)15-25(20)51-12-2-1-11-50-17-3-4-18(30(46)47)23(13-17)36-28(44)21-6-8-27(39-38-21)42-10-9-35-16-42/h3-10,13-16,33,41H,1-2,11-12,34H2,(H,36,44)(H,37,45)(H,46,47)(H,48,49). The van der Waals surface area contributed by atoms with Gasteiger partial charge < -0.3 is 30.3 Å². The van der Waals surface area contributed by atoms with Crippen LogP contribution in [0.2, 0.25) is 0 Å². The van der Waals surface area contributed by atoms with Gasteiger partial charge in [-0.2, -0.15) is 0 Å². The highest BCUT2D eigenvalue weighted by Gasteiger charge is 2.20. The summed E-state index contributed by atoms with van der Waals surface area (Å²) in [6.07, 6.45) is 5.47. The van der Waals surface area contributed by atoms with Crippen LogP contribution in [0.3, 0.4) is 0 Å². The van der Waals surface area contributed by atoms with E-state index in [4.69, 9.17) is 20.7 Å². The fourth-order valence-electron chi connectivity index (χ4n) is 4.42. The second kappa shape index (κ2) is 15.8. The number of aromatic nitrogens is 6. The molecular formula is C31H28FN11O8. The van der Waals surface area contributed by atoms with E-state index in [-0.39, 0.29) is 58.5 Å². The number of anilines is 2. The lowest BCUT2D eigenvalue weighted by atomic mass is 10.1. The summed E-state index contributed by atoms with van der Waals surface area (Å²) in [6.45, 7) is 0.114. The maximum Gasteiger partial charge on any atom is 0.337 e. The summed E-state index contributed by atoms with van der Waals surface area (Å²) in [7, 11) is 0. The molecule has 0 aliphatic carbocycles. The van der Waals surface area contributed by atoms with Gasteiger partial charge in [0.1, 0.15) is 12.1 Å². The van der Waals surface area contributed by atoms with Crippen LogP contribution >= 0.6 is 0 Å². The monoisotopic (exact) mass is 701 g/mol. The molecular weight excluding hydrogens is 673 g/mol. The number of nitrogens with zero attached hydrogens (tertiary/aromatic N) is 6. The Morgan fingerprint density at radius 1 is 0.843 bits per heavy atom. The predicted molar refractivity (Wildman–Crippen MR) is 174 cm³/mol. The summed E-state index contributed by atoms with van der Waals surface area (Å²) in [5, 5.41) is 43.4. The van der Waals surface area contributed by atoms with Crippen molar-refractivity contribution in [1.82, 2.24) is 29.6 Å². The van der Waals surface area contributed by atoms with Gasteiger partial charge in [-0.1, -0.05) is 0 Å². The molecule has 2 amide bonds. The number of hydrogen-bond acceptors (Lipinski definition) is 13. The smallest absolute Gasteiger partial charge is 0.337 e. The summed E-state index contributed by atoms with van der Waals surface area (Å²) < 4.78 is 27.5. The lowest BCUT2D eigenvalue weighted by Crippen LogP contribution is -2.36. The number of unbranched alkanes of at least 4 members (excludes halogenated alkanes) is 1. The number of carboxylic acid groups (broad SMARTS) is 2. The van der Waals surface area contributed by atoms with Gasteiger partial charge in [-0.3, -0.25) is 19.6 Å². The molecule has 0 radical (unpaired) electrons. The molecule has 3 heterocycles. The minimum Gasteiger partial charge on any atom is -0.494 e. The van der Waals surface area contributed by atoms with Gasteiger partial charge in [0, 0.05) is 24.5 Å². The van der Waals surface area contributed by atoms with Crippen LogP contribution in [-0.4, -0.2) is 76.8 Å². The van der Waals surface area contributed by atoms with Crippen molar-refractivity contribution in [3.8, 4) is 17.3 Å². The van der Waals surface area contributed by atoms with Crippen LogP contribution in [0.5, 0.6) is 11.5 Å². The molecule has 0 bridgehead atoms. The Kier molecular flexibility index (Phi) is 10.9. The van der Waals surface area contributed by atoms with Gasteiger partial charge in [-0.05, 0) is 55.3 Å². The van der Waals surface area contributed by atoms with E-state index in [1.54, 1.807) is 23.0 Å². The Labute approximate surface area is 285 Å². The minimum absolute atomic E-state index is 0.0191. The molecule has 0 spiro atoms. The molecule has 19 nitrogen and oxygen atoms in total. The molecule has 0 fully saturated rings. The number of amides is 2. The third kappa shape index (κ3) is 8.63. The van der Waals surface area contributed by atoms with Crippen LogP contribution in [0.25, 0.3) is 5.82 Å². The van der Waals surface area contributed by atoms with Gasteiger partial charge in [0.2, 0.25) is 0 Å². The van der Waals surface area contributed by atoms with E-state index in [0.29, 0.717) is 24.7 Å². The van der Waals surface area contributed by atoms with E-state index >= 15 is 0 Å². The molecule has 0 aliphatic rings. The first-order valence-corrected chi connectivity index (χ1v) is 14.8. The molecule has 0 unspecified atom stereocenters. The number of carbonyl (C=O) groups is 4. The van der Waals surface area contributed by atoms with Crippen LogP contribution in [0.1, 0.15) is 54.5 Å². The molecule has 8 N–H and O–H groups in total. The number of hydrogen-bond donors (Lipinski definition) is 7. The van der Waals surface area contributed by atoms with Crippen LogP contribution in [-0.2, 0) is 0 Å². The zero-order chi connectivity index (χ0) is 36.5. The number of carbonyl (C=O) groups excluding carboxylic acids is 2. The second-order valence-corrected chi connectivity index (χ2v) is 10.3. The first-order chi connectivity index (χ1) is 24.5. The van der Waals surface area contributed by atoms with Gasteiger partial charge >= 0.3 is 11.9 Å². The highest BCUT2D eigenvalue weighted by molar-refractivity contribution is 6.07. The van der Waals surface area contributed by atoms with Gasteiger partial charge in [-0.15, -0.1) is 20.1 Å². The third-order valence-corrected chi connectivity index (χ3v) is 6.93. The fraction of sp³-hybridized carbons (Fsp3) is 0.129. The summed E-state index contributed by atoms with van der Waals surface area (Å²) >= 11 is 0. The Morgan fingerprint density at radius 2 is 1.53 bits per heavy atom. The molecule has 0 aliphatic heterocycles. The Bertz CT molecular complexity index is 2140. The van der Waals surface area contributed by atoms with Crippen LogP contribution < -0.4 is 37.0 Å². The van der Waals surface area contributed by atoms with E-state index in [2.05, 4.69) is 36.4 Å². The van der Waals surface area contributed by atoms with Crippen molar-refractivity contribution in [2.45, 2.75) is 12.8 Å². The van der Waals surface area contributed by atoms with Crippen molar-refractivity contribution in [2.75, 3.05) is 29.4 Å². The van der Waals surface area contributed by atoms with Crippen molar-refractivity contribution in [1.29, 1.82) is 5.41 Å². The zero-order valence-electron chi connectivity index (χ0n) is 26.2. The second-order valence-electron chi connectivity index (χ2n) is 10.3. The zero-order valence-corrected chi connectivity index (χ0v) is 26.2. The number of nitrogens with one attached hydrogen (secondary N) is 4. The molecule has 0 saturated carbocycles. The number of halogens is 1. The molecule has 0 saturated heterocycles. The number of hydrazine groups is 1. The molecule has 5 rings (SSSR count). The molecule has 262 valence electrons. The first-order valence-electron chi connectivity index (χ1n) is 14.8. The molecule has 5 aromatic rings. The van der Waals surface area contributed by atoms with E-state index < -0.39 is 35.1 Å². The third-order valence-electron chi connectivity index (χ3n) is 6.93. The number of nitrogens with two attached hydrogens (primary N) is 1. The number of ether oxygens (including phenoxy) is 2. The SMILES string of the molecule is N=c1ccc(C(=O)Nc2cc(OCCCCOc3ccc(C(=O)O)c(NC(=O)c4ccc(-n5ccnc5)nn4)c3)c(F)cc2C(=O)O)nn1NN. The van der Waals surface area contributed by atoms with Crippen LogP contribution in [0, 0.1) is 11.2 Å². The molecule has 3 aromatic heterocycles. The number of nitrogen functional groups attached to an aromatic ring is 1. The lowest BCUT2D eigenvalue weighted by Gasteiger charge is -2.14. The number of benzene rings is 2. The number of imidazole rings is 1. The number of rotatable bonds is 15. The van der Waals surface area contributed by atoms with Crippen LogP contribution in [0.4, 0.5) is 15.8 Å². The molecule has 20 heteroatoms. The topological polar surface area (TPSA) is 275 Å². The lowest BCUT2D eigenvalue weighted by molar-refractivity contribution is 0.0686. The largest absolute Gasteiger partial charge is 0.494 e. The summed E-state index contributed by atoms with van der Waals surface area (Å²) in [5.41, 5.74) is 0.650. The number of aromatic carboxylic acids is 2. The Morgan fingerprint density at radius 3 is 2.18 bits per heavy atom. The average molecular weight is 702 g/mol. The van der Waals surface area contributed by atoms with Crippen LogP contribution in [0.15, 0.2) is 73.3 Å². The summed E-state index contributed by atoms with van der Waals surface area (Å²) in [4.78, 5) is 53.8. The van der Waals surface area contributed by atoms with Crippen molar-refractivity contribution in [3.05, 3.63) is 107 Å². The Hall–Kier alpha value is -7.22. The quantitative estimate of drug-likeness (QED) is 0.0468. The van der Waals surface area contributed by atoms with Crippen molar-refractivity contribution < 1.29 is 43.3 Å². The molecule has 51 heavy (non-hydrogen) atoms. The van der Waals surface area contributed by atoms with Crippen molar-refractivity contribution in [3.63, 3.8) is 0 Å². The van der Waals surface area contributed by atoms with Gasteiger partial charge in [0.15, 0.2) is 34.3 Å². The van der Waals surface area contributed by atoms with E-state index in [0.717, 1.165) is 10.9 Å². The van der Waals surface area contributed by atoms with E-state index in [9.17, 15) is 33.8 Å². The van der Waals surface area contributed by atoms with Gasteiger partial charge in [-0.25, -0.2) is 30.3 Å². The van der Waals surface area contributed by atoms with E-state index in [1.807, 2.05) is 0 Å². The summed E-state index contributed by atoms with van der Waals surface area (Å²) in [5.74, 6) is 0.314. The first kappa shape index (κ1) is 35.1. The number of carboxylic acids is 2. The maximum absolute atomic E-state index is 14.7. The molecule has 2 aromatic carbocycles. The minimum atomic E-state index is -1.51. The molecule has 0 atom stereocenters. The van der Waals surface area contributed by atoms with Gasteiger partial charge in [0.25, 0.3) is 11.8 Å². The van der Waals surface area contributed by atoms with Crippen molar-refractivity contribution >= 4 is 35.1 Å². The highest BCUT2D eigenvalue weighted by Crippen LogP contribution is 2.28. The van der Waals surface area contributed by atoms with E-state index in [1.165, 1.54) is 42.7 Å². The Balaban J connectivity index is 1.16. The average Bonchev–Trinajstić information content (AvgIpc) is 3.66. The van der Waals surface area contributed by atoms with Crippen molar-refractivity contribution in [2.24, 2.45) is 5.84 Å². The highest BCUT2D eigenvalue weighted by atomic mass is 19.1. The maximum atomic E-state index is 14.7. The summed E-state index contributed by atoms with van der Waals surface area (Å²) in [6, 6.07) is 11.2. The normalized spacial score (nSPS) is 10.6. The van der Waals surface area contributed by atoms with Gasteiger partial charge in [0.05, 0.1) is 35.7 Å². The fourth-order valence-corrected chi connectivity index (χ4v) is 4.42.